The Bertz CT molecular complexity index is 914. The highest BCUT2D eigenvalue weighted by molar-refractivity contribution is 5.86. The molecule has 7 nitrogen and oxygen atoms in total. The van der Waals surface area contributed by atoms with Gasteiger partial charge in [-0.2, -0.15) is 4.98 Å². The number of furan rings is 1. The third kappa shape index (κ3) is 2.08. The highest BCUT2D eigenvalue weighted by atomic mass is 16.3. The van der Waals surface area contributed by atoms with Gasteiger partial charge in [0.2, 0.25) is 5.95 Å². The third-order valence-electron chi connectivity index (χ3n) is 3.29. The fourth-order valence-corrected chi connectivity index (χ4v) is 2.33. The van der Waals surface area contributed by atoms with E-state index >= 15 is 0 Å². The number of hydrogen-bond donors (Lipinski definition) is 1. The number of aromatic nitrogens is 5. The largest absolute Gasteiger partial charge is 0.463 e. The van der Waals surface area contributed by atoms with Crippen molar-refractivity contribution < 1.29 is 4.42 Å². The lowest BCUT2D eigenvalue weighted by atomic mass is 10.3. The summed E-state index contributed by atoms with van der Waals surface area (Å²) in [6.07, 6.45) is 5.05. The summed E-state index contributed by atoms with van der Waals surface area (Å²) in [4.78, 5) is 17.3. The molecule has 0 spiro atoms. The van der Waals surface area contributed by atoms with Crippen molar-refractivity contribution in [3.63, 3.8) is 0 Å². The molecule has 4 heterocycles. The van der Waals surface area contributed by atoms with Crippen molar-refractivity contribution in [2.75, 3.05) is 5.73 Å². The Balaban J connectivity index is 1.85. The first kappa shape index (κ1) is 12.5. The van der Waals surface area contributed by atoms with Crippen LogP contribution in [0.2, 0.25) is 0 Å². The molecule has 0 aromatic carbocycles. The van der Waals surface area contributed by atoms with Gasteiger partial charge in [-0.15, -0.1) is 0 Å². The predicted molar refractivity (Wildman–Crippen MR) is 80.8 cm³/mol. The Hall–Kier alpha value is -3.22. The van der Waals surface area contributed by atoms with Crippen molar-refractivity contribution in [1.29, 1.82) is 0 Å². The Labute approximate surface area is 125 Å². The van der Waals surface area contributed by atoms with Gasteiger partial charge in [0.05, 0.1) is 24.8 Å². The second-order valence-electron chi connectivity index (χ2n) is 4.77. The number of nitrogens with zero attached hydrogens (tertiary/aromatic N) is 5. The zero-order chi connectivity index (χ0) is 14.9. The minimum absolute atomic E-state index is 0.182. The minimum atomic E-state index is 0.182. The molecule has 0 saturated carbocycles. The van der Waals surface area contributed by atoms with Crippen LogP contribution in [-0.4, -0.2) is 24.5 Å². The maximum absolute atomic E-state index is 5.83. The number of imidazole rings is 1. The molecule has 0 atom stereocenters. The van der Waals surface area contributed by atoms with Gasteiger partial charge < -0.3 is 14.7 Å². The molecule has 4 aromatic rings. The third-order valence-corrected chi connectivity index (χ3v) is 3.29. The number of pyridine rings is 1. The van der Waals surface area contributed by atoms with Crippen molar-refractivity contribution in [2.24, 2.45) is 0 Å². The minimum Gasteiger partial charge on any atom is -0.463 e. The summed E-state index contributed by atoms with van der Waals surface area (Å²) in [6, 6.07) is 9.39. The maximum Gasteiger partial charge on any atom is 0.222 e. The Morgan fingerprint density at radius 3 is 2.82 bits per heavy atom. The van der Waals surface area contributed by atoms with Gasteiger partial charge in [0.15, 0.2) is 11.4 Å². The highest BCUT2D eigenvalue weighted by Gasteiger charge is 2.15. The van der Waals surface area contributed by atoms with E-state index in [-0.39, 0.29) is 5.95 Å². The van der Waals surface area contributed by atoms with Gasteiger partial charge in [0.1, 0.15) is 11.2 Å². The van der Waals surface area contributed by atoms with Crippen molar-refractivity contribution in [2.45, 2.75) is 6.54 Å². The summed E-state index contributed by atoms with van der Waals surface area (Å²) in [6.45, 7) is 0.561. The summed E-state index contributed by atoms with van der Waals surface area (Å²) >= 11 is 0. The number of hydrogen-bond acceptors (Lipinski definition) is 6. The molecule has 0 fully saturated rings. The number of nitrogen functional groups attached to an aromatic ring is 1. The number of fused-ring (bicyclic) bond motifs is 1. The van der Waals surface area contributed by atoms with Crippen LogP contribution in [0.3, 0.4) is 0 Å². The van der Waals surface area contributed by atoms with Gasteiger partial charge in [0, 0.05) is 6.20 Å². The zero-order valence-electron chi connectivity index (χ0n) is 11.5. The average molecular weight is 292 g/mol. The molecule has 0 unspecified atom stereocenters. The van der Waals surface area contributed by atoms with Crippen molar-refractivity contribution in [3.8, 4) is 11.5 Å². The van der Waals surface area contributed by atoms with Gasteiger partial charge in [-0.3, -0.25) is 4.98 Å². The summed E-state index contributed by atoms with van der Waals surface area (Å²) < 4.78 is 7.29. The maximum atomic E-state index is 5.83. The van der Waals surface area contributed by atoms with Crippen LogP contribution in [0.25, 0.3) is 22.6 Å². The molecule has 0 aliphatic carbocycles. The van der Waals surface area contributed by atoms with Gasteiger partial charge in [-0.1, -0.05) is 6.07 Å². The number of anilines is 1. The fraction of sp³-hybridized carbons (Fsp3) is 0.0667. The molecule has 108 valence electrons. The van der Waals surface area contributed by atoms with E-state index < -0.39 is 0 Å². The van der Waals surface area contributed by atoms with Crippen LogP contribution in [0.4, 0.5) is 5.95 Å². The van der Waals surface area contributed by atoms with E-state index in [1.165, 1.54) is 0 Å². The Morgan fingerprint density at radius 1 is 1.09 bits per heavy atom. The molecule has 4 aromatic heterocycles. The molecule has 0 amide bonds. The molecule has 4 rings (SSSR count). The summed E-state index contributed by atoms with van der Waals surface area (Å²) in [5, 5.41) is 0. The SMILES string of the molecule is Nc1nc(-c2ccco2)c2ncn(Cc3ccccn3)c2n1. The van der Waals surface area contributed by atoms with Crippen LogP contribution >= 0.6 is 0 Å². The quantitative estimate of drug-likeness (QED) is 0.621. The van der Waals surface area contributed by atoms with Crippen LogP contribution in [0, 0.1) is 0 Å². The molecule has 0 bridgehead atoms. The average Bonchev–Trinajstić information content (AvgIpc) is 3.18. The summed E-state index contributed by atoms with van der Waals surface area (Å²) in [5.41, 5.74) is 8.65. The van der Waals surface area contributed by atoms with E-state index in [4.69, 9.17) is 10.2 Å². The lowest BCUT2D eigenvalue weighted by molar-refractivity contribution is 0.580. The Morgan fingerprint density at radius 2 is 2.05 bits per heavy atom. The van der Waals surface area contributed by atoms with Crippen LogP contribution < -0.4 is 5.73 Å². The molecular weight excluding hydrogens is 280 g/mol. The molecule has 22 heavy (non-hydrogen) atoms. The number of nitrogens with two attached hydrogens (primary N) is 1. The van der Waals surface area contributed by atoms with Crippen LogP contribution in [0.5, 0.6) is 0 Å². The van der Waals surface area contributed by atoms with E-state index in [2.05, 4.69) is 19.9 Å². The van der Waals surface area contributed by atoms with Crippen molar-refractivity contribution >= 4 is 17.1 Å². The van der Waals surface area contributed by atoms with E-state index in [0.29, 0.717) is 29.2 Å². The molecule has 7 heteroatoms. The predicted octanol–water partition coefficient (Wildman–Crippen LogP) is 2.11. The van der Waals surface area contributed by atoms with Crippen LogP contribution in [0.15, 0.2) is 53.5 Å². The molecular formula is C15H12N6O. The smallest absolute Gasteiger partial charge is 0.222 e. The van der Waals surface area contributed by atoms with Crippen molar-refractivity contribution in [3.05, 3.63) is 54.8 Å². The molecule has 0 radical (unpaired) electrons. The second-order valence-corrected chi connectivity index (χ2v) is 4.77. The van der Waals surface area contributed by atoms with E-state index in [1.807, 2.05) is 28.8 Å². The molecule has 2 N–H and O–H groups in total. The fourth-order valence-electron chi connectivity index (χ4n) is 2.33. The highest BCUT2D eigenvalue weighted by Crippen LogP contribution is 2.26. The standard InChI is InChI=1S/C15H12N6O/c16-15-19-12(11-5-3-7-22-11)13-14(20-15)21(9-18-13)8-10-4-1-2-6-17-10/h1-7,9H,8H2,(H2,16,19,20). The van der Waals surface area contributed by atoms with Gasteiger partial charge in [-0.05, 0) is 24.3 Å². The van der Waals surface area contributed by atoms with Gasteiger partial charge in [0.25, 0.3) is 0 Å². The van der Waals surface area contributed by atoms with Gasteiger partial charge in [-0.25, -0.2) is 9.97 Å². The van der Waals surface area contributed by atoms with Crippen molar-refractivity contribution in [1.82, 2.24) is 24.5 Å². The molecule has 0 aliphatic rings. The van der Waals surface area contributed by atoms with Crippen LogP contribution in [0.1, 0.15) is 5.69 Å². The first-order valence-corrected chi connectivity index (χ1v) is 6.73. The van der Waals surface area contributed by atoms with E-state index in [0.717, 1.165) is 5.69 Å². The first-order chi connectivity index (χ1) is 10.8. The molecule has 0 saturated heterocycles. The summed E-state index contributed by atoms with van der Waals surface area (Å²) in [7, 11) is 0. The first-order valence-electron chi connectivity index (χ1n) is 6.73. The van der Waals surface area contributed by atoms with E-state index in [1.54, 1.807) is 24.9 Å². The summed E-state index contributed by atoms with van der Waals surface area (Å²) in [5.74, 6) is 0.795. The lowest BCUT2D eigenvalue weighted by Gasteiger charge is -2.04. The van der Waals surface area contributed by atoms with E-state index in [9.17, 15) is 0 Å². The topological polar surface area (TPSA) is 95.7 Å². The normalized spacial score (nSPS) is 11.1. The van der Waals surface area contributed by atoms with Gasteiger partial charge >= 0.3 is 0 Å². The number of rotatable bonds is 3. The zero-order valence-corrected chi connectivity index (χ0v) is 11.5. The lowest BCUT2D eigenvalue weighted by Crippen LogP contribution is -2.04. The van der Waals surface area contributed by atoms with Crippen LogP contribution in [-0.2, 0) is 6.54 Å². The monoisotopic (exact) mass is 292 g/mol. The Kier molecular flexibility index (Phi) is 2.82. The molecule has 0 aliphatic heterocycles. The second kappa shape index (κ2) is 4.96.